The number of benzene rings is 1. The van der Waals surface area contributed by atoms with E-state index in [0.29, 0.717) is 17.2 Å². The van der Waals surface area contributed by atoms with Crippen LogP contribution in [0.25, 0.3) is 0 Å². The Kier molecular flexibility index (Phi) is 6.61. The first kappa shape index (κ1) is 15.4. The number of rotatable bonds is 7. The van der Waals surface area contributed by atoms with Gasteiger partial charge < -0.3 is 10.1 Å². The summed E-state index contributed by atoms with van der Waals surface area (Å²) in [5.41, 5.74) is 0.605. The van der Waals surface area contributed by atoms with Gasteiger partial charge in [0, 0.05) is 17.2 Å². The van der Waals surface area contributed by atoms with Gasteiger partial charge in [-0.3, -0.25) is 0 Å². The number of hydrogen-bond donors (Lipinski definition) is 1. The standard InChI is InChI=1S/C14H21ClFNO/c1-4-6-13(18-5-2)14(17-3)11-8-7-10(15)9-12(11)16/h7-9,13-14,17H,4-6H2,1-3H3. The molecule has 0 amide bonds. The van der Waals surface area contributed by atoms with E-state index in [1.54, 1.807) is 12.1 Å². The first-order chi connectivity index (χ1) is 8.63. The van der Waals surface area contributed by atoms with Crippen molar-refractivity contribution < 1.29 is 9.13 Å². The maximum absolute atomic E-state index is 13.9. The zero-order valence-corrected chi connectivity index (χ0v) is 11.9. The molecule has 0 aliphatic carbocycles. The second-order valence-corrected chi connectivity index (χ2v) is 4.65. The van der Waals surface area contributed by atoms with Crippen molar-refractivity contribution in [2.45, 2.75) is 38.8 Å². The predicted molar refractivity (Wildman–Crippen MR) is 73.5 cm³/mol. The largest absolute Gasteiger partial charge is 0.377 e. The van der Waals surface area contributed by atoms with Gasteiger partial charge in [-0.15, -0.1) is 0 Å². The first-order valence-corrected chi connectivity index (χ1v) is 6.75. The van der Waals surface area contributed by atoms with Crippen molar-refractivity contribution >= 4 is 11.6 Å². The van der Waals surface area contributed by atoms with E-state index >= 15 is 0 Å². The highest BCUT2D eigenvalue weighted by atomic mass is 35.5. The molecule has 2 unspecified atom stereocenters. The summed E-state index contributed by atoms with van der Waals surface area (Å²) in [4.78, 5) is 0. The molecule has 0 aliphatic rings. The van der Waals surface area contributed by atoms with Gasteiger partial charge in [0.05, 0.1) is 12.1 Å². The molecule has 102 valence electrons. The van der Waals surface area contributed by atoms with Gasteiger partial charge in [-0.25, -0.2) is 4.39 Å². The predicted octanol–water partition coefficient (Wildman–Crippen LogP) is 3.94. The number of nitrogens with one attached hydrogen (secondary N) is 1. The van der Waals surface area contributed by atoms with Crippen LogP contribution in [0, 0.1) is 5.82 Å². The number of likely N-dealkylation sites (N-methyl/N-ethyl adjacent to an activating group) is 1. The molecule has 18 heavy (non-hydrogen) atoms. The zero-order valence-electron chi connectivity index (χ0n) is 11.2. The summed E-state index contributed by atoms with van der Waals surface area (Å²) >= 11 is 5.78. The smallest absolute Gasteiger partial charge is 0.129 e. The van der Waals surface area contributed by atoms with E-state index in [9.17, 15) is 4.39 Å². The average Bonchev–Trinajstić information content (AvgIpc) is 2.33. The maximum Gasteiger partial charge on any atom is 0.129 e. The van der Waals surface area contributed by atoms with Crippen LogP contribution in [0.1, 0.15) is 38.3 Å². The molecule has 0 aromatic heterocycles. The summed E-state index contributed by atoms with van der Waals surface area (Å²) in [6.45, 7) is 4.67. The van der Waals surface area contributed by atoms with E-state index in [1.807, 2.05) is 14.0 Å². The van der Waals surface area contributed by atoms with Crippen LogP contribution in [0.15, 0.2) is 18.2 Å². The summed E-state index contributed by atoms with van der Waals surface area (Å²) in [6, 6.07) is 4.62. The van der Waals surface area contributed by atoms with Gasteiger partial charge in [-0.05, 0) is 32.5 Å². The molecule has 0 spiro atoms. The lowest BCUT2D eigenvalue weighted by atomic mass is 9.97. The lowest BCUT2D eigenvalue weighted by molar-refractivity contribution is 0.0287. The molecule has 0 bridgehead atoms. The van der Waals surface area contributed by atoms with Gasteiger partial charge in [0.2, 0.25) is 0 Å². The van der Waals surface area contributed by atoms with E-state index in [-0.39, 0.29) is 18.0 Å². The Hall–Kier alpha value is -0.640. The molecule has 1 aromatic rings. The van der Waals surface area contributed by atoms with Gasteiger partial charge in [0.25, 0.3) is 0 Å². The summed E-state index contributed by atoms with van der Waals surface area (Å²) in [5, 5.41) is 3.55. The van der Waals surface area contributed by atoms with Gasteiger partial charge >= 0.3 is 0 Å². The number of hydrogen-bond acceptors (Lipinski definition) is 2. The average molecular weight is 274 g/mol. The highest BCUT2D eigenvalue weighted by Gasteiger charge is 2.24. The molecule has 2 nitrogen and oxygen atoms in total. The van der Waals surface area contributed by atoms with Gasteiger partial charge in [0.15, 0.2) is 0 Å². The molecule has 1 aromatic carbocycles. The Morgan fingerprint density at radius 3 is 2.61 bits per heavy atom. The first-order valence-electron chi connectivity index (χ1n) is 6.37. The Bertz CT molecular complexity index is 367. The summed E-state index contributed by atoms with van der Waals surface area (Å²) in [7, 11) is 1.82. The fraction of sp³-hybridized carbons (Fsp3) is 0.571. The van der Waals surface area contributed by atoms with Crippen molar-refractivity contribution in [2.24, 2.45) is 0 Å². The van der Waals surface area contributed by atoms with E-state index < -0.39 is 0 Å². The van der Waals surface area contributed by atoms with Crippen LogP contribution in [-0.2, 0) is 4.74 Å². The van der Waals surface area contributed by atoms with E-state index in [1.165, 1.54) is 6.07 Å². The highest BCUT2D eigenvalue weighted by molar-refractivity contribution is 6.30. The molecule has 0 heterocycles. The molecular weight excluding hydrogens is 253 g/mol. The van der Waals surface area contributed by atoms with Crippen LogP contribution in [0.5, 0.6) is 0 Å². The minimum absolute atomic E-state index is 0.0272. The zero-order chi connectivity index (χ0) is 13.5. The summed E-state index contributed by atoms with van der Waals surface area (Å²) in [6.07, 6.45) is 1.86. The molecule has 2 atom stereocenters. The molecular formula is C14H21ClFNO. The van der Waals surface area contributed by atoms with Gasteiger partial charge in [-0.2, -0.15) is 0 Å². The van der Waals surface area contributed by atoms with Crippen molar-refractivity contribution in [3.8, 4) is 0 Å². The minimum atomic E-state index is -0.289. The lowest BCUT2D eigenvalue weighted by Gasteiger charge is -2.27. The second-order valence-electron chi connectivity index (χ2n) is 4.21. The van der Waals surface area contributed by atoms with Crippen molar-refractivity contribution in [1.82, 2.24) is 5.32 Å². The lowest BCUT2D eigenvalue weighted by Crippen LogP contribution is -2.32. The van der Waals surface area contributed by atoms with Crippen LogP contribution in [0.2, 0.25) is 5.02 Å². The highest BCUT2D eigenvalue weighted by Crippen LogP contribution is 2.26. The number of halogens is 2. The summed E-state index contributed by atoms with van der Waals surface area (Å²) < 4.78 is 19.7. The van der Waals surface area contributed by atoms with Gasteiger partial charge in [0.1, 0.15) is 5.82 Å². The Morgan fingerprint density at radius 2 is 2.11 bits per heavy atom. The van der Waals surface area contributed by atoms with E-state index in [0.717, 1.165) is 12.8 Å². The van der Waals surface area contributed by atoms with Crippen molar-refractivity contribution in [1.29, 1.82) is 0 Å². The van der Waals surface area contributed by atoms with Crippen LogP contribution in [0.4, 0.5) is 4.39 Å². The normalized spacial score (nSPS) is 14.5. The van der Waals surface area contributed by atoms with Crippen molar-refractivity contribution in [3.05, 3.63) is 34.6 Å². The van der Waals surface area contributed by atoms with Crippen LogP contribution >= 0.6 is 11.6 Å². The minimum Gasteiger partial charge on any atom is -0.377 e. The Labute approximate surface area is 113 Å². The SMILES string of the molecule is CCCC(OCC)C(NC)c1ccc(Cl)cc1F. The number of ether oxygens (including phenoxy) is 1. The molecule has 0 saturated heterocycles. The molecule has 0 aliphatic heterocycles. The van der Waals surface area contributed by atoms with Crippen molar-refractivity contribution in [2.75, 3.05) is 13.7 Å². The fourth-order valence-corrected chi connectivity index (χ4v) is 2.30. The van der Waals surface area contributed by atoms with Crippen LogP contribution in [-0.4, -0.2) is 19.8 Å². The van der Waals surface area contributed by atoms with E-state index in [4.69, 9.17) is 16.3 Å². The second kappa shape index (κ2) is 7.72. The molecule has 1 N–H and O–H groups in total. The third-order valence-corrected chi connectivity index (χ3v) is 3.17. The van der Waals surface area contributed by atoms with E-state index in [2.05, 4.69) is 12.2 Å². The Morgan fingerprint density at radius 1 is 1.39 bits per heavy atom. The maximum atomic E-state index is 13.9. The Balaban J connectivity index is 2.98. The molecule has 0 radical (unpaired) electrons. The fourth-order valence-electron chi connectivity index (χ4n) is 2.14. The monoisotopic (exact) mass is 273 g/mol. The molecule has 0 saturated carbocycles. The van der Waals surface area contributed by atoms with Gasteiger partial charge in [-0.1, -0.05) is 31.0 Å². The third-order valence-electron chi connectivity index (χ3n) is 2.93. The topological polar surface area (TPSA) is 21.3 Å². The van der Waals surface area contributed by atoms with Crippen LogP contribution in [0.3, 0.4) is 0 Å². The molecule has 4 heteroatoms. The van der Waals surface area contributed by atoms with Crippen LogP contribution < -0.4 is 5.32 Å². The quantitative estimate of drug-likeness (QED) is 0.812. The molecule has 1 rings (SSSR count). The summed E-state index contributed by atoms with van der Waals surface area (Å²) in [5.74, 6) is -0.289. The van der Waals surface area contributed by atoms with Crippen molar-refractivity contribution in [3.63, 3.8) is 0 Å². The molecule has 0 fully saturated rings. The third kappa shape index (κ3) is 3.94.